The third kappa shape index (κ3) is 4.34. The van der Waals surface area contributed by atoms with Gasteiger partial charge in [0.05, 0.1) is 10.8 Å². The number of benzene rings is 2. The minimum atomic E-state index is -0.562. The van der Waals surface area contributed by atoms with Crippen molar-refractivity contribution in [3.05, 3.63) is 53.1 Å². The third-order valence-electron chi connectivity index (χ3n) is 2.52. The van der Waals surface area contributed by atoms with Crippen LogP contribution in [-0.4, -0.2) is 11.7 Å². The van der Waals surface area contributed by atoms with Crippen molar-refractivity contribution < 1.29 is 13.6 Å². The number of rotatable bonds is 4. The van der Waals surface area contributed by atoms with Crippen LogP contribution >= 0.6 is 23.4 Å². The summed E-state index contributed by atoms with van der Waals surface area (Å²) >= 11 is 6.65. The number of nitrogen functional groups attached to an aromatic ring is 1. The second-order valence-electron chi connectivity index (χ2n) is 4.16. The van der Waals surface area contributed by atoms with E-state index in [9.17, 15) is 13.6 Å². The predicted octanol–water partition coefficient (Wildman–Crippen LogP) is 3.93. The van der Waals surface area contributed by atoms with Crippen LogP contribution in [0.1, 0.15) is 0 Å². The highest BCUT2D eigenvalue weighted by atomic mass is 35.5. The Bertz CT molecular complexity index is 682. The number of anilines is 2. The Kier molecular flexibility index (Phi) is 5.03. The lowest BCUT2D eigenvalue weighted by molar-refractivity contribution is -0.113. The zero-order chi connectivity index (χ0) is 15.4. The highest BCUT2D eigenvalue weighted by Gasteiger charge is 2.08. The molecule has 0 unspecified atom stereocenters. The fraction of sp³-hybridized carbons (Fsp3) is 0.0714. The van der Waals surface area contributed by atoms with E-state index in [-0.39, 0.29) is 16.7 Å². The maximum atomic E-state index is 13.5. The summed E-state index contributed by atoms with van der Waals surface area (Å²) in [6.07, 6.45) is 0. The molecule has 0 heterocycles. The van der Waals surface area contributed by atoms with Crippen molar-refractivity contribution in [1.82, 2.24) is 0 Å². The minimum Gasteiger partial charge on any atom is -0.399 e. The Morgan fingerprint density at radius 1 is 1.19 bits per heavy atom. The first kappa shape index (κ1) is 15.6. The molecule has 0 bridgehead atoms. The molecule has 0 aromatic heterocycles. The number of amides is 1. The monoisotopic (exact) mass is 328 g/mol. The van der Waals surface area contributed by atoms with Crippen molar-refractivity contribution in [2.24, 2.45) is 0 Å². The number of hydrogen-bond donors (Lipinski definition) is 2. The molecule has 0 aliphatic rings. The van der Waals surface area contributed by atoms with Gasteiger partial charge in [-0.25, -0.2) is 8.78 Å². The molecule has 0 aliphatic heterocycles. The van der Waals surface area contributed by atoms with E-state index in [2.05, 4.69) is 5.32 Å². The molecule has 0 spiro atoms. The molecule has 0 radical (unpaired) electrons. The molecule has 3 nitrogen and oxygen atoms in total. The number of halogens is 3. The number of nitrogens with two attached hydrogens (primary N) is 1. The molecule has 1 amide bonds. The summed E-state index contributed by atoms with van der Waals surface area (Å²) in [5.41, 5.74) is 6.14. The Labute approximate surface area is 129 Å². The van der Waals surface area contributed by atoms with Crippen LogP contribution in [0.2, 0.25) is 5.02 Å². The topological polar surface area (TPSA) is 55.1 Å². The van der Waals surface area contributed by atoms with E-state index >= 15 is 0 Å². The maximum Gasteiger partial charge on any atom is 0.234 e. The molecule has 0 saturated carbocycles. The summed E-state index contributed by atoms with van der Waals surface area (Å²) in [6.45, 7) is 0. The van der Waals surface area contributed by atoms with Crippen LogP contribution < -0.4 is 11.1 Å². The molecule has 0 fully saturated rings. The van der Waals surface area contributed by atoms with Crippen molar-refractivity contribution in [2.75, 3.05) is 16.8 Å². The van der Waals surface area contributed by atoms with Gasteiger partial charge in [0.2, 0.25) is 5.91 Å². The average molecular weight is 329 g/mol. The van der Waals surface area contributed by atoms with Crippen LogP contribution in [0.25, 0.3) is 0 Å². The molecule has 110 valence electrons. The van der Waals surface area contributed by atoms with E-state index in [1.807, 2.05) is 0 Å². The summed E-state index contributed by atoms with van der Waals surface area (Å²) < 4.78 is 26.5. The summed E-state index contributed by atoms with van der Waals surface area (Å²) in [5, 5.41) is 2.47. The van der Waals surface area contributed by atoms with E-state index in [1.165, 1.54) is 24.3 Å². The van der Waals surface area contributed by atoms with Gasteiger partial charge in [-0.15, -0.1) is 11.8 Å². The highest BCUT2D eigenvalue weighted by Crippen LogP contribution is 2.24. The molecule has 2 rings (SSSR count). The summed E-state index contributed by atoms with van der Waals surface area (Å²) in [4.78, 5) is 12.1. The Morgan fingerprint density at radius 3 is 2.62 bits per heavy atom. The number of carbonyl (C=O) groups is 1. The number of nitrogens with one attached hydrogen (secondary N) is 1. The van der Waals surface area contributed by atoms with Gasteiger partial charge in [0.1, 0.15) is 11.6 Å². The van der Waals surface area contributed by atoms with Gasteiger partial charge in [-0.3, -0.25) is 4.79 Å². The van der Waals surface area contributed by atoms with Gasteiger partial charge in [-0.05, 0) is 36.4 Å². The normalized spacial score (nSPS) is 10.4. The van der Waals surface area contributed by atoms with Gasteiger partial charge >= 0.3 is 0 Å². The van der Waals surface area contributed by atoms with Crippen molar-refractivity contribution in [3.8, 4) is 0 Å². The van der Waals surface area contributed by atoms with Crippen LogP contribution in [0, 0.1) is 11.6 Å². The zero-order valence-corrected chi connectivity index (χ0v) is 12.3. The van der Waals surface area contributed by atoms with Crippen LogP contribution in [0.3, 0.4) is 0 Å². The second-order valence-corrected chi connectivity index (χ2v) is 5.58. The molecule has 7 heteroatoms. The minimum absolute atomic E-state index is 0.00976. The molecule has 0 aliphatic carbocycles. The molecule has 3 N–H and O–H groups in total. The first-order chi connectivity index (χ1) is 9.95. The third-order valence-corrected chi connectivity index (χ3v) is 3.86. The van der Waals surface area contributed by atoms with Gasteiger partial charge in [-0.2, -0.15) is 0 Å². The lowest BCUT2D eigenvalue weighted by Gasteiger charge is -2.07. The van der Waals surface area contributed by atoms with Crippen LogP contribution in [0.15, 0.2) is 41.3 Å². The second kappa shape index (κ2) is 6.78. The van der Waals surface area contributed by atoms with E-state index < -0.39 is 11.6 Å². The predicted molar refractivity (Wildman–Crippen MR) is 81.6 cm³/mol. The lowest BCUT2D eigenvalue weighted by atomic mass is 10.3. The Hall–Kier alpha value is -1.79. The first-order valence-corrected chi connectivity index (χ1v) is 7.25. The lowest BCUT2D eigenvalue weighted by Crippen LogP contribution is -2.14. The largest absolute Gasteiger partial charge is 0.399 e. The van der Waals surface area contributed by atoms with Gasteiger partial charge in [-0.1, -0.05) is 11.6 Å². The first-order valence-electron chi connectivity index (χ1n) is 5.88. The van der Waals surface area contributed by atoms with E-state index in [0.717, 1.165) is 17.8 Å². The molecule has 21 heavy (non-hydrogen) atoms. The van der Waals surface area contributed by atoms with Crippen molar-refractivity contribution >= 4 is 40.6 Å². The Balaban J connectivity index is 1.94. The highest BCUT2D eigenvalue weighted by molar-refractivity contribution is 8.00. The quantitative estimate of drug-likeness (QED) is 0.660. The average Bonchev–Trinajstić information content (AvgIpc) is 2.42. The maximum absolute atomic E-state index is 13.5. The molecule has 0 saturated heterocycles. The van der Waals surface area contributed by atoms with Gasteiger partial charge in [0.25, 0.3) is 0 Å². The summed E-state index contributed by atoms with van der Waals surface area (Å²) in [5.74, 6) is -1.37. The zero-order valence-electron chi connectivity index (χ0n) is 10.7. The van der Waals surface area contributed by atoms with Gasteiger partial charge in [0.15, 0.2) is 0 Å². The summed E-state index contributed by atoms with van der Waals surface area (Å²) in [6, 6.07) is 8.13. The molecule has 0 atom stereocenters. The fourth-order valence-corrected chi connectivity index (χ4v) is 2.45. The van der Waals surface area contributed by atoms with Crippen LogP contribution in [0.5, 0.6) is 0 Å². The summed E-state index contributed by atoms with van der Waals surface area (Å²) in [7, 11) is 0. The molecule has 2 aromatic rings. The number of thioether (sulfide) groups is 1. The SMILES string of the molecule is Nc1ccc(SCC(=O)Nc2ccc(F)c(Cl)c2)c(F)c1. The van der Waals surface area contributed by atoms with Crippen molar-refractivity contribution in [1.29, 1.82) is 0 Å². The van der Waals surface area contributed by atoms with E-state index in [0.29, 0.717) is 16.3 Å². The van der Waals surface area contributed by atoms with Crippen molar-refractivity contribution in [3.63, 3.8) is 0 Å². The molecular weight excluding hydrogens is 318 g/mol. The van der Waals surface area contributed by atoms with Gasteiger partial charge in [0, 0.05) is 16.3 Å². The molecule has 2 aromatic carbocycles. The number of hydrogen-bond acceptors (Lipinski definition) is 3. The fourth-order valence-electron chi connectivity index (χ4n) is 1.55. The standard InChI is InChI=1S/C14H11ClF2N2OS/c15-10-6-9(2-3-11(10)16)19-14(20)7-21-13-4-1-8(18)5-12(13)17/h1-6H,7,18H2,(H,19,20). The van der Waals surface area contributed by atoms with E-state index in [4.69, 9.17) is 17.3 Å². The van der Waals surface area contributed by atoms with Gasteiger partial charge < -0.3 is 11.1 Å². The van der Waals surface area contributed by atoms with Crippen LogP contribution in [0.4, 0.5) is 20.2 Å². The smallest absolute Gasteiger partial charge is 0.234 e. The Morgan fingerprint density at radius 2 is 1.95 bits per heavy atom. The number of carbonyl (C=O) groups excluding carboxylic acids is 1. The van der Waals surface area contributed by atoms with E-state index in [1.54, 1.807) is 6.07 Å². The molecular formula is C14H11ClF2N2OS. The van der Waals surface area contributed by atoms with Crippen LogP contribution in [-0.2, 0) is 4.79 Å². The van der Waals surface area contributed by atoms with Crippen molar-refractivity contribution in [2.45, 2.75) is 4.90 Å².